The minimum absolute atomic E-state index is 0. The maximum absolute atomic E-state index is 5.82. The van der Waals surface area contributed by atoms with Crippen molar-refractivity contribution in [3.05, 3.63) is 41.5 Å². The van der Waals surface area contributed by atoms with E-state index < -0.39 is 0 Å². The molecule has 2 aromatic heterocycles. The summed E-state index contributed by atoms with van der Waals surface area (Å²) in [6.45, 7) is 11.1. The molecule has 8 nitrogen and oxygen atoms in total. The molecule has 0 aliphatic carbocycles. The molecule has 0 bridgehead atoms. The number of likely N-dealkylation sites (tertiary alicyclic amines) is 1. The van der Waals surface area contributed by atoms with Crippen molar-refractivity contribution in [2.75, 3.05) is 89.0 Å². The first-order valence-corrected chi connectivity index (χ1v) is 15.1. The maximum Gasteiger partial charge on any atom is 0.185 e. The van der Waals surface area contributed by atoms with E-state index in [2.05, 4.69) is 43.2 Å². The lowest BCUT2D eigenvalue weighted by Crippen LogP contribution is -2.37. The first kappa shape index (κ1) is 28.1. The van der Waals surface area contributed by atoms with E-state index in [1.165, 1.54) is 31.6 Å². The summed E-state index contributed by atoms with van der Waals surface area (Å²) in [6, 6.07) is 8.68. The molecule has 3 aromatic rings. The van der Waals surface area contributed by atoms with Crippen molar-refractivity contribution < 1.29 is 9.47 Å². The van der Waals surface area contributed by atoms with Crippen LogP contribution in [0.25, 0.3) is 10.9 Å². The molecule has 9 heteroatoms. The summed E-state index contributed by atoms with van der Waals surface area (Å²) in [6.07, 6.45) is 6.79. The predicted molar refractivity (Wildman–Crippen MR) is 162 cm³/mol. The molecule has 0 N–H and O–H groups in total. The van der Waals surface area contributed by atoms with Gasteiger partial charge in [0.25, 0.3) is 0 Å². The quantitative estimate of drug-likeness (QED) is 0.391. The first-order valence-electron chi connectivity index (χ1n) is 14.2. The molecule has 212 valence electrons. The van der Waals surface area contributed by atoms with Crippen LogP contribution in [0.2, 0.25) is 0 Å². The van der Waals surface area contributed by atoms with Crippen LogP contribution in [0.3, 0.4) is 0 Å². The van der Waals surface area contributed by atoms with Gasteiger partial charge in [0.2, 0.25) is 0 Å². The number of pyridine rings is 1. The van der Waals surface area contributed by atoms with E-state index in [9.17, 15) is 0 Å². The maximum atomic E-state index is 5.82. The number of aromatic nitrogens is 2. The molecular weight excluding hydrogens is 508 g/mol. The number of morpholine rings is 1. The molecule has 0 amide bonds. The van der Waals surface area contributed by atoms with Gasteiger partial charge in [-0.1, -0.05) is 13.5 Å². The lowest BCUT2D eigenvalue weighted by Gasteiger charge is -2.31. The summed E-state index contributed by atoms with van der Waals surface area (Å²) in [7, 11) is 1.76. The molecular formula is C30H44N6O2S. The van der Waals surface area contributed by atoms with Gasteiger partial charge in [0.05, 0.1) is 37.6 Å². The van der Waals surface area contributed by atoms with Gasteiger partial charge in [0.15, 0.2) is 5.13 Å². The number of nitrogens with zero attached hydrogens (tertiary/aromatic N) is 6. The Morgan fingerprint density at radius 1 is 0.949 bits per heavy atom. The molecule has 39 heavy (non-hydrogen) atoms. The zero-order valence-electron chi connectivity index (χ0n) is 22.6. The van der Waals surface area contributed by atoms with Crippen molar-refractivity contribution in [3.8, 4) is 5.75 Å². The van der Waals surface area contributed by atoms with Crippen LogP contribution in [0.5, 0.6) is 5.75 Å². The number of rotatable bonds is 8. The number of hydrogen-bond donors (Lipinski definition) is 0. The highest BCUT2D eigenvalue weighted by Gasteiger charge is 2.29. The Morgan fingerprint density at radius 2 is 1.79 bits per heavy atom. The smallest absolute Gasteiger partial charge is 0.185 e. The molecule has 1 aromatic carbocycles. The highest BCUT2D eigenvalue weighted by atomic mass is 32.1. The highest BCUT2D eigenvalue weighted by Crippen LogP contribution is 2.37. The van der Waals surface area contributed by atoms with Crippen LogP contribution in [-0.2, 0) is 4.74 Å². The molecule has 0 radical (unpaired) electrons. The SMILES string of the molecule is C.COc1ccc2cccnc2c1N1CCCN(C(CCN2CCCC2)c2csc(N3CCOCC3)n2)CC1. The number of benzene rings is 1. The van der Waals surface area contributed by atoms with E-state index in [0.29, 0.717) is 6.04 Å². The third-order valence-corrected chi connectivity index (χ3v) is 9.19. The average Bonchev–Trinajstić information content (AvgIpc) is 3.62. The monoisotopic (exact) mass is 552 g/mol. The van der Waals surface area contributed by atoms with Gasteiger partial charge < -0.3 is 24.2 Å². The number of fused-ring (bicyclic) bond motifs is 1. The van der Waals surface area contributed by atoms with Gasteiger partial charge in [-0.3, -0.25) is 9.88 Å². The Kier molecular flexibility index (Phi) is 9.55. The first-order chi connectivity index (χ1) is 18.8. The Hall–Kier alpha value is -2.46. The second kappa shape index (κ2) is 13.3. The second-order valence-electron chi connectivity index (χ2n) is 10.6. The van der Waals surface area contributed by atoms with Gasteiger partial charge in [-0.15, -0.1) is 11.3 Å². The summed E-state index contributed by atoms with van der Waals surface area (Å²) in [4.78, 5) is 20.2. The number of thiazole rings is 1. The Morgan fingerprint density at radius 3 is 2.62 bits per heavy atom. The van der Waals surface area contributed by atoms with Crippen LogP contribution < -0.4 is 14.5 Å². The number of hydrogen-bond acceptors (Lipinski definition) is 9. The predicted octanol–water partition coefficient (Wildman–Crippen LogP) is 4.91. The van der Waals surface area contributed by atoms with Crippen molar-refractivity contribution in [3.63, 3.8) is 0 Å². The largest absolute Gasteiger partial charge is 0.494 e. The van der Waals surface area contributed by atoms with Crippen molar-refractivity contribution in [1.29, 1.82) is 0 Å². The lowest BCUT2D eigenvalue weighted by molar-refractivity contribution is 0.122. The van der Waals surface area contributed by atoms with Gasteiger partial charge >= 0.3 is 0 Å². The summed E-state index contributed by atoms with van der Waals surface area (Å²) >= 11 is 1.80. The molecule has 0 saturated carbocycles. The topological polar surface area (TPSA) is 57.2 Å². The highest BCUT2D eigenvalue weighted by molar-refractivity contribution is 7.13. The number of anilines is 2. The second-order valence-corrected chi connectivity index (χ2v) is 11.4. The summed E-state index contributed by atoms with van der Waals surface area (Å²) in [5.74, 6) is 0.907. The van der Waals surface area contributed by atoms with E-state index in [4.69, 9.17) is 19.4 Å². The molecule has 0 spiro atoms. The van der Waals surface area contributed by atoms with Crippen molar-refractivity contribution in [2.45, 2.75) is 39.2 Å². The van der Waals surface area contributed by atoms with Gasteiger partial charge in [0.1, 0.15) is 11.4 Å². The number of methoxy groups -OCH3 is 1. The van der Waals surface area contributed by atoms with Gasteiger partial charge in [0, 0.05) is 62.8 Å². The molecule has 3 fully saturated rings. The molecule has 1 unspecified atom stereocenters. The fourth-order valence-corrected chi connectivity index (χ4v) is 7.14. The molecule has 3 aliphatic rings. The minimum Gasteiger partial charge on any atom is -0.494 e. The minimum atomic E-state index is 0. The Labute approximate surface area is 237 Å². The molecule has 6 rings (SSSR count). The van der Waals surface area contributed by atoms with Crippen LogP contribution in [0.15, 0.2) is 35.8 Å². The van der Waals surface area contributed by atoms with E-state index in [0.717, 1.165) is 99.3 Å². The summed E-state index contributed by atoms with van der Waals surface area (Å²) < 4.78 is 11.4. The lowest BCUT2D eigenvalue weighted by atomic mass is 10.1. The Bertz CT molecular complexity index is 1190. The molecule has 3 saturated heterocycles. The number of ether oxygens (including phenoxy) is 2. The van der Waals surface area contributed by atoms with Crippen LogP contribution in [0.4, 0.5) is 10.8 Å². The zero-order chi connectivity index (χ0) is 25.7. The van der Waals surface area contributed by atoms with Crippen LogP contribution in [-0.4, -0.2) is 99.0 Å². The fourth-order valence-electron chi connectivity index (χ4n) is 6.21. The van der Waals surface area contributed by atoms with Crippen LogP contribution in [0.1, 0.15) is 44.8 Å². The van der Waals surface area contributed by atoms with E-state index in [-0.39, 0.29) is 7.43 Å². The van der Waals surface area contributed by atoms with E-state index in [1.807, 2.05) is 12.3 Å². The van der Waals surface area contributed by atoms with Crippen molar-refractivity contribution in [1.82, 2.24) is 19.8 Å². The van der Waals surface area contributed by atoms with Gasteiger partial charge in [-0.2, -0.15) is 0 Å². The average molecular weight is 553 g/mol. The van der Waals surface area contributed by atoms with Gasteiger partial charge in [-0.05, 0) is 57.0 Å². The van der Waals surface area contributed by atoms with Gasteiger partial charge in [-0.25, -0.2) is 4.98 Å². The summed E-state index contributed by atoms with van der Waals surface area (Å²) in [5, 5.41) is 4.63. The van der Waals surface area contributed by atoms with Crippen molar-refractivity contribution in [2.24, 2.45) is 0 Å². The third-order valence-electron chi connectivity index (χ3n) is 8.27. The van der Waals surface area contributed by atoms with E-state index >= 15 is 0 Å². The Balaban J connectivity index is 0.00000308. The molecule has 1 atom stereocenters. The third kappa shape index (κ3) is 6.32. The molecule has 5 heterocycles. The normalized spacial score (nSPS) is 20.1. The standard InChI is InChI=1S/C29H40N6O2S.CH4/c1-36-26-8-7-23-6-4-10-30-27(23)28(26)34-14-5-13-33(16-17-34)25(9-15-32-11-2-3-12-32)24-22-38-29(31-24)35-18-20-37-21-19-35;/h4,6-8,10,22,25H,2-3,5,9,11-21H2,1H3;1H4. The fraction of sp³-hybridized carbons (Fsp3) is 0.600. The van der Waals surface area contributed by atoms with Crippen molar-refractivity contribution >= 4 is 33.1 Å². The zero-order valence-corrected chi connectivity index (χ0v) is 23.4. The summed E-state index contributed by atoms with van der Waals surface area (Å²) in [5.41, 5.74) is 3.40. The van der Waals surface area contributed by atoms with Crippen LogP contribution in [0, 0.1) is 0 Å². The van der Waals surface area contributed by atoms with E-state index in [1.54, 1.807) is 18.4 Å². The molecule has 3 aliphatic heterocycles. The van der Waals surface area contributed by atoms with Crippen LogP contribution >= 0.6 is 11.3 Å².